The number of amides is 1. The Hall–Kier alpha value is -3.43. The molecule has 0 bridgehead atoms. The van der Waals surface area contributed by atoms with Gasteiger partial charge in [0, 0.05) is 31.7 Å². The van der Waals surface area contributed by atoms with Crippen LogP contribution < -0.4 is 5.32 Å². The Morgan fingerprint density at radius 1 is 0.750 bits per heavy atom. The summed E-state index contributed by atoms with van der Waals surface area (Å²) in [5.74, 6) is 0.00425. The van der Waals surface area contributed by atoms with Crippen molar-refractivity contribution in [2.45, 2.75) is 12.8 Å². The van der Waals surface area contributed by atoms with Crippen LogP contribution in [0.1, 0.15) is 45.5 Å². The van der Waals surface area contributed by atoms with E-state index < -0.39 is 0 Å². The molecule has 3 nitrogen and oxygen atoms in total. The van der Waals surface area contributed by atoms with E-state index in [2.05, 4.69) is 70.9 Å². The Labute approximate surface area is 190 Å². The molecule has 32 heavy (non-hydrogen) atoms. The molecule has 1 heterocycles. The van der Waals surface area contributed by atoms with E-state index in [9.17, 15) is 4.79 Å². The molecule has 0 unspecified atom stereocenters. The number of benzene rings is 3. The second-order valence-electron chi connectivity index (χ2n) is 8.45. The molecule has 5 rings (SSSR count). The molecule has 1 N–H and O–H groups in total. The van der Waals surface area contributed by atoms with Gasteiger partial charge in [-0.25, -0.2) is 0 Å². The number of carbonyl (C=O) groups excluding carboxylic acids is 1. The summed E-state index contributed by atoms with van der Waals surface area (Å²) < 4.78 is 0. The van der Waals surface area contributed by atoms with E-state index in [-0.39, 0.29) is 5.91 Å². The van der Waals surface area contributed by atoms with Crippen LogP contribution in [0.2, 0.25) is 0 Å². The first-order valence-electron chi connectivity index (χ1n) is 11.4. The van der Waals surface area contributed by atoms with E-state index in [0.29, 0.717) is 6.54 Å². The number of nitrogens with one attached hydrogen (secondary N) is 1. The summed E-state index contributed by atoms with van der Waals surface area (Å²) in [4.78, 5) is 14.7. The molecule has 3 heteroatoms. The second-order valence-corrected chi connectivity index (χ2v) is 8.45. The van der Waals surface area contributed by atoms with Crippen molar-refractivity contribution in [2.75, 3.05) is 26.2 Å². The SMILES string of the molecule is O=C(NCCN1CCC(=C2c3ccccc3C=Cc3ccccc32)CC1)c1ccccc1. The molecule has 1 aliphatic heterocycles. The van der Waals surface area contributed by atoms with E-state index in [4.69, 9.17) is 0 Å². The summed E-state index contributed by atoms with van der Waals surface area (Å²) in [7, 11) is 0. The van der Waals surface area contributed by atoms with Crippen LogP contribution in [0.15, 0.2) is 84.4 Å². The standard InChI is InChI=1S/C29H28N2O/c32-29(25-10-2-1-3-11-25)30-18-21-31-19-16-24(17-20-31)28-26-12-6-4-8-22(26)14-15-23-9-5-7-13-27(23)28/h1-15H,16-21H2,(H,30,32). The number of piperidine rings is 1. The second kappa shape index (κ2) is 9.37. The summed E-state index contributed by atoms with van der Waals surface area (Å²) in [6.45, 7) is 3.61. The largest absolute Gasteiger partial charge is 0.351 e. The number of likely N-dealkylation sites (tertiary alicyclic amines) is 1. The van der Waals surface area contributed by atoms with E-state index >= 15 is 0 Å². The van der Waals surface area contributed by atoms with Gasteiger partial charge in [0.25, 0.3) is 5.91 Å². The highest BCUT2D eigenvalue weighted by molar-refractivity contribution is 5.95. The van der Waals surface area contributed by atoms with Crippen LogP contribution in [0, 0.1) is 0 Å². The zero-order valence-corrected chi connectivity index (χ0v) is 18.3. The molecule has 0 saturated carbocycles. The number of hydrogen-bond acceptors (Lipinski definition) is 2. The molecular weight excluding hydrogens is 392 g/mol. The molecule has 0 atom stereocenters. The monoisotopic (exact) mass is 420 g/mol. The van der Waals surface area contributed by atoms with Crippen molar-refractivity contribution in [3.8, 4) is 0 Å². The first-order valence-corrected chi connectivity index (χ1v) is 11.4. The highest BCUT2D eigenvalue weighted by atomic mass is 16.1. The maximum absolute atomic E-state index is 12.3. The minimum absolute atomic E-state index is 0.00425. The van der Waals surface area contributed by atoms with Crippen molar-refractivity contribution in [1.82, 2.24) is 10.2 Å². The third kappa shape index (κ3) is 4.30. The smallest absolute Gasteiger partial charge is 0.251 e. The maximum atomic E-state index is 12.3. The topological polar surface area (TPSA) is 32.3 Å². The van der Waals surface area contributed by atoms with Crippen molar-refractivity contribution in [3.05, 3.63) is 112 Å². The summed E-state index contributed by atoms with van der Waals surface area (Å²) in [6, 6.07) is 26.9. The van der Waals surface area contributed by atoms with Crippen LogP contribution in [0.5, 0.6) is 0 Å². The van der Waals surface area contributed by atoms with Crippen LogP contribution in [0.4, 0.5) is 0 Å². The lowest BCUT2D eigenvalue weighted by molar-refractivity contribution is 0.0947. The zero-order chi connectivity index (χ0) is 21.8. The highest BCUT2D eigenvalue weighted by Gasteiger charge is 2.22. The van der Waals surface area contributed by atoms with Crippen LogP contribution in [0.3, 0.4) is 0 Å². The molecule has 0 radical (unpaired) electrons. The van der Waals surface area contributed by atoms with E-state index in [0.717, 1.165) is 38.0 Å². The van der Waals surface area contributed by atoms with E-state index in [1.54, 1.807) is 0 Å². The summed E-state index contributed by atoms with van der Waals surface area (Å²) >= 11 is 0. The van der Waals surface area contributed by atoms with Crippen molar-refractivity contribution >= 4 is 23.6 Å². The van der Waals surface area contributed by atoms with Gasteiger partial charge in [-0.1, -0.05) is 84.5 Å². The first-order chi connectivity index (χ1) is 15.8. The zero-order valence-electron chi connectivity index (χ0n) is 18.3. The molecule has 2 aliphatic rings. The number of carbonyl (C=O) groups is 1. The van der Waals surface area contributed by atoms with Gasteiger partial charge in [-0.15, -0.1) is 0 Å². The number of nitrogens with zero attached hydrogens (tertiary/aromatic N) is 1. The van der Waals surface area contributed by atoms with E-state index in [1.165, 1.54) is 33.4 Å². The van der Waals surface area contributed by atoms with Crippen molar-refractivity contribution < 1.29 is 4.79 Å². The van der Waals surface area contributed by atoms with Crippen molar-refractivity contribution in [1.29, 1.82) is 0 Å². The van der Waals surface area contributed by atoms with Crippen LogP contribution in [-0.4, -0.2) is 37.0 Å². The lowest BCUT2D eigenvalue weighted by atomic mass is 9.86. The third-order valence-electron chi connectivity index (χ3n) is 6.47. The summed E-state index contributed by atoms with van der Waals surface area (Å²) in [5.41, 5.74) is 8.93. The van der Waals surface area contributed by atoms with Gasteiger partial charge in [-0.2, -0.15) is 0 Å². The Kier molecular flexibility index (Phi) is 6.00. The fourth-order valence-corrected chi connectivity index (χ4v) is 4.76. The van der Waals surface area contributed by atoms with Crippen LogP contribution in [0.25, 0.3) is 17.7 Å². The predicted octanol–water partition coefficient (Wildman–Crippen LogP) is 5.50. The number of fused-ring (bicyclic) bond motifs is 2. The van der Waals surface area contributed by atoms with Crippen LogP contribution >= 0.6 is 0 Å². The molecule has 1 aliphatic carbocycles. The molecule has 0 aromatic heterocycles. The van der Waals surface area contributed by atoms with Gasteiger partial charge in [0.15, 0.2) is 0 Å². The third-order valence-corrected chi connectivity index (χ3v) is 6.47. The average molecular weight is 421 g/mol. The summed E-state index contributed by atoms with van der Waals surface area (Å²) in [6.07, 6.45) is 6.60. The van der Waals surface area contributed by atoms with Gasteiger partial charge in [0.2, 0.25) is 0 Å². The molecule has 160 valence electrons. The minimum atomic E-state index is 0.00425. The Balaban J connectivity index is 1.29. The Bertz CT molecular complexity index is 1120. The van der Waals surface area contributed by atoms with Gasteiger partial charge in [-0.05, 0) is 52.8 Å². The average Bonchev–Trinajstić information content (AvgIpc) is 3.02. The van der Waals surface area contributed by atoms with Crippen molar-refractivity contribution in [3.63, 3.8) is 0 Å². The first kappa shape index (κ1) is 20.5. The molecule has 3 aromatic carbocycles. The molecule has 1 amide bonds. The Morgan fingerprint density at radius 3 is 1.94 bits per heavy atom. The Morgan fingerprint density at radius 2 is 1.31 bits per heavy atom. The normalized spacial score (nSPS) is 15.6. The highest BCUT2D eigenvalue weighted by Crippen LogP contribution is 2.38. The number of rotatable bonds is 4. The fourth-order valence-electron chi connectivity index (χ4n) is 4.76. The van der Waals surface area contributed by atoms with Gasteiger partial charge in [0.1, 0.15) is 0 Å². The fraction of sp³-hybridized carbons (Fsp3) is 0.207. The van der Waals surface area contributed by atoms with Gasteiger partial charge in [-0.3, -0.25) is 4.79 Å². The molecular formula is C29H28N2O. The molecule has 0 spiro atoms. The van der Waals surface area contributed by atoms with Gasteiger partial charge in [0.05, 0.1) is 0 Å². The van der Waals surface area contributed by atoms with Gasteiger partial charge < -0.3 is 10.2 Å². The lowest BCUT2D eigenvalue weighted by Crippen LogP contribution is -2.38. The van der Waals surface area contributed by atoms with Crippen molar-refractivity contribution in [2.24, 2.45) is 0 Å². The molecule has 3 aromatic rings. The molecule has 1 saturated heterocycles. The maximum Gasteiger partial charge on any atom is 0.251 e. The summed E-state index contributed by atoms with van der Waals surface area (Å²) in [5, 5.41) is 3.05. The van der Waals surface area contributed by atoms with Gasteiger partial charge >= 0.3 is 0 Å². The quantitative estimate of drug-likeness (QED) is 0.473. The van der Waals surface area contributed by atoms with Crippen LogP contribution in [-0.2, 0) is 0 Å². The predicted molar refractivity (Wildman–Crippen MR) is 132 cm³/mol. The lowest BCUT2D eigenvalue weighted by Gasteiger charge is -2.30. The number of hydrogen-bond donors (Lipinski definition) is 1. The minimum Gasteiger partial charge on any atom is -0.351 e. The van der Waals surface area contributed by atoms with E-state index in [1.807, 2.05) is 30.3 Å². The molecule has 1 fully saturated rings.